The monoisotopic (exact) mass is 258 g/mol. The molecule has 0 spiro atoms. The molecule has 0 bridgehead atoms. The molecule has 0 saturated heterocycles. The van der Waals surface area contributed by atoms with Crippen molar-refractivity contribution in [3.63, 3.8) is 0 Å². The summed E-state index contributed by atoms with van der Waals surface area (Å²) in [6.45, 7) is 5.89. The lowest BCUT2D eigenvalue weighted by molar-refractivity contribution is 0.112. The Morgan fingerprint density at radius 3 is 2.26 bits per heavy atom. The number of carbonyl (C=O) groups is 1. The van der Waals surface area contributed by atoms with Gasteiger partial charge in [0.15, 0.2) is 6.29 Å². The molecule has 0 unspecified atom stereocenters. The van der Waals surface area contributed by atoms with Gasteiger partial charge in [0.1, 0.15) is 17.3 Å². The Morgan fingerprint density at radius 1 is 1.21 bits per heavy atom. The molecule has 1 aromatic carbocycles. The van der Waals surface area contributed by atoms with Crippen LogP contribution >= 0.6 is 0 Å². The van der Waals surface area contributed by atoms with Gasteiger partial charge in [0.05, 0.1) is 12.8 Å². The van der Waals surface area contributed by atoms with Gasteiger partial charge in [-0.1, -0.05) is 0 Å². The van der Waals surface area contributed by atoms with Gasteiger partial charge in [-0.15, -0.1) is 0 Å². The number of ether oxygens (including phenoxy) is 1. The number of rotatable bonds is 3. The van der Waals surface area contributed by atoms with Crippen molar-refractivity contribution in [3.05, 3.63) is 34.8 Å². The molecule has 2 aromatic rings. The Hall–Kier alpha value is -2.10. The quantitative estimate of drug-likeness (QED) is 0.795. The first-order chi connectivity index (χ1) is 8.99. The van der Waals surface area contributed by atoms with Crippen molar-refractivity contribution in [1.82, 2.24) is 9.55 Å². The van der Waals surface area contributed by atoms with E-state index in [-0.39, 0.29) is 0 Å². The fourth-order valence-electron chi connectivity index (χ4n) is 2.47. The molecule has 0 aliphatic carbocycles. The van der Waals surface area contributed by atoms with E-state index in [1.807, 2.05) is 44.5 Å². The van der Waals surface area contributed by atoms with Gasteiger partial charge in [-0.25, -0.2) is 4.98 Å². The molecule has 0 atom stereocenters. The van der Waals surface area contributed by atoms with Crippen LogP contribution in [0.5, 0.6) is 5.75 Å². The molecule has 0 amide bonds. The predicted octanol–water partition coefficient (Wildman–Crippen LogP) is 2.83. The maximum Gasteiger partial charge on any atom is 0.170 e. The maximum absolute atomic E-state index is 11.2. The van der Waals surface area contributed by atoms with Crippen molar-refractivity contribution in [3.8, 4) is 17.0 Å². The molecular weight excluding hydrogens is 240 g/mol. The lowest BCUT2D eigenvalue weighted by Gasteiger charge is -2.12. The van der Waals surface area contributed by atoms with E-state index >= 15 is 0 Å². The summed E-state index contributed by atoms with van der Waals surface area (Å²) in [4.78, 5) is 15.4. The van der Waals surface area contributed by atoms with E-state index in [0.717, 1.165) is 40.2 Å². The molecule has 0 fully saturated rings. The van der Waals surface area contributed by atoms with Gasteiger partial charge in [0, 0.05) is 12.6 Å². The third kappa shape index (κ3) is 2.14. The van der Waals surface area contributed by atoms with Gasteiger partial charge in [0.25, 0.3) is 0 Å². The third-order valence-electron chi connectivity index (χ3n) is 3.40. The van der Waals surface area contributed by atoms with Crippen LogP contribution in [0.3, 0.4) is 0 Å². The number of aryl methyl sites for hydroxylation is 3. The van der Waals surface area contributed by atoms with Crippen LogP contribution in [0, 0.1) is 20.8 Å². The summed E-state index contributed by atoms with van der Waals surface area (Å²) in [5.74, 6) is 1.71. The lowest BCUT2D eigenvalue weighted by Crippen LogP contribution is -1.98. The highest BCUT2D eigenvalue weighted by atomic mass is 16.5. The van der Waals surface area contributed by atoms with Crippen molar-refractivity contribution in [2.75, 3.05) is 7.11 Å². The standard InChI is InChI=1S/C15H18N2O2/c1-9-6-12(7-10(2)15(9)19-5)14-13(8-18)16-11(3)17(14)4/h6-8H,1-5H3. The summed E-state index contributed by atoms with van der Waals surface area (Å²) in [5, 5.41) is 0. The predicted molar refractivity (Wildman–Crippen MR) is 74.8 cm³/mol. The minimum atomic E-state index is 0.476. The second-order valence-electron chi connectivity index (χ2n) is 4.71. The molecule has 0 aliphatic rings. The zero-order chi connectivity index (χ0) is 14.2. The van der Waals surface area contributed by atoms with E-state index in [1.165, 1.54) is 0 Å². The van der Waals surface area contributed by atoms with Crippen LogP contribution in [0.4, 0.5) is 0 Å². The van der Waals surface area contributed by atoms with Gasteiger partial charge in [-0.3, -0.25) is 4.79 Å². The van der Waals surface area contributed by atoms with E-state index in [2.05, 4.69) is 4.98 Å². The highest BCUT2D eigenvalue weighted by molar-refractivity contribution is 5.84. The summed E-state index contributed by atoms with van der Waals surface area (Å²) in [7, 11) is 3.58. The number of imidazole rings is 1. The van der Waals surface area contributed by atoms with E-state index < -0.39 is 0 Å². The summed E-state index contributed by atoms with van der Waals surface area (Å²) in [6, 6.07) is 4.05. The van der Waals surface area contributed by atoms with Crippen LogP contribution in [-0.4, -0.2) is 22.9 Å². The summed E-state index contributed by atoms with van der Waals surface area (Å²) < 4.78 is 7.30. The lowest BCUT2D eigenvalue weighted by atomic mass is 10.0. The molecule has 0 aliphatic heterocycles. The number of nitrogens with zero attached hydrogens (tertiary/aromatic N) is 2. The molecule has 1 heterocycles. The fourth-order valence-corrected chi connectivity index (χ4v) is 2.47. The van der Waals surface area contributed by atoms with Crippen molar-refractivity contribution < 1.29 is 9.53 Å². The zero-order valence-electron chi connectivity index (χ0n) is 11.9. The van der Waals surface area contributed by atoms with E-state index in [0.29, 0.717) is 5.69 Å². The molecule has 19 heavy (non-hydrogen) atoms. The van der Waals surface area contributed by atoms with Crippen LogP contribution in [0.15, 0.2) is 12.1 Å². The average molecular weight is 258 g/mol. The zero-order valence-corrected chi connectivity index (χ0v) is 11.9. The first kappa shape index (κ1) is 13.3. The number of hydrogen-bond donors (Lipinski definition) is 0. The smallest absolute Gasteiger partial charge is 0.170 e. The van der Waals surface area contributed by atoms with Crippen LogP contribution in [0.1, 0.15) is 27.4 Å². The Labute approximate surface area is 113 Å². The summed E-state index contributed by atoms with van der Waals surface area (Å²) in [5.41, 5.74) is 4.41. The Bertz CT molecular complexity index is 619. The van der Waals surface area contributed by atoms with Crippen molar-refractivity contribution in [1.29, 1.82) is 0 Å². The molecule has 4 nitrogen and oxygen atoms in total. The van der Waals surface area contributed by atoms with Crippen molar-refractivity contribution in [2.24, 2.45) is 7.05 Å². The van der Waals surface area contributed by atoms with E-state index in [9.17, 15) is 4.79 Å². The molecule has 100 valence electrons. The first-order valence-electron chi connectivity index (χ1n) is 6.13. The SMILES string of the molecule is COc1c(C)cc(-c2c(C=O)nc(C)n2C)cc1C. The number of carbonyl (C=O) groups excluding carboxylic acids is 1. The number of hydrogen-bond acceptors (Lipinski definition) is 3. The molecule has 0 N–H and O–H groups in total. The molecular formula is C15H18N2O2. The minimum Gasteiger partial charge on any atom is -0.496 e. The normalized spacial score (nSPS) is 10.6. The third-order valence-corrected chi connectivity index (χ3v) is 3.40. The topological polar surface area (TPSA) is 44.1 Å². The van der Waals surface area contributed by atoms with Crippen molar-refractivity contribution >= 4 is 6.29 Å². The number of methoxy groups -OCH3 is 1. The summed E-state index contributed by atoms with van der Waals surface area (Å²) in [6.07, 6.45) is 0.803. The largest absolute Gasteiger partial charge is 0.496 e. The van der Waals surface area contributed by atoms with Gasteiger partial charge in [-0.2, -0.15) is 0 Å². The Kier molecular flexibility index (Phi) is 3.42. The highest BCUT2D eigenvalue weighted by Crippen LogP contribution is 2.31. The van der Waals surface area contributed by atoms with Crippen LogP contribution < -0.4 is 4.74 Å². The Morgan fingerprint density at radius 2 is 1.79 bits per heavy atom. The van der Waals surface area contributed by atoms with E-state index in [4.69, 9.17) is 4.74 Å². The van der Waals surface area contributed by atoms with Crippen LogP contribution in [-0.2, 0) is 7.05 Å². The maximum atomic E-state index is 11.2. The number of benzene rings is 1. The first-order valence-corrected chi connectivity index (χ1v) is 6.13. The fraction of sp³-hybridized carbons (Fsp3) is 0.333. The van der Waals surface area contributed by atoms with Gasteiger partial charge in [0.2, 0.25) is 0 Å². The van der Waals surface area contributed by atoms with Gasteiger partial charge in [-0.05, 0) is 44.0 Å². The second kappa shape index (κ2) is 4.88. The van der Waals surface area contributed by atoms with E-state index in [1.54, 1.807) is 7.11 Å². The van der Waals surface area contributed by atoms with Gasteiger partial charge >= 0.3 is 0 Å². The Balaban J connectivity index is 2.69. The minimum absolute atomic E-state index is 0.476. The summed E-state index contributed by atoms with van der Waals surface area (Å²) >= 11 is 0. The molecule has 4 heteroatoms. The second-order valence-corrected chi connectivity index (χ2v) is 4.71. The molecule has 1 aromatic heterocycles. The van der Waals surface area contributed by atoms with Crippen LogP contribution in [0.2, 0.25) is 0 Å². The van der Waals surface area contributed by atoms with Gasteiger partial charge < -0.3 is 9.30 Å². The molecule has 0 radical (unpaired) electrons. The molecule has 2 rings (SSSR count). The average Bonchev–Trinajstić information content (AvgIpc) is 2.65. The molecule has 0 saturated carbocycles. The van der Waals surface area contributed by atoms with Crippen molar-refractivity contribution in [2.45, 2.75) is 20.8 Å². The number of aldehydes is 1. The highest BCUT2D eigenvalue weighted by Gasteiger charge is 2.15. The van der Waals surface area contributed by atoms with Crippen LogP contribution in [0.25, 0.3) is 11.3 Å². The number of aromatic nitrogens is 2.